The number of azo groups is 1. The van der Waals surface area contributed by atoms with Gasteiger partial charge in [-0.15, -0.1) is 23.9 Å². The number of aromatic hydroxyl groups is 1. The number of carbonyl (C=O) groups excluding carboxylic acids is 2. The topological polar surface area (TPSA) is 336 Å². The van der Waals surface area contributed by atoms with Crippen LogP contribution in [0, 0.1) is 6.92 Å². The van der Waals surface area contributed by atoms with E-state index in [1.165, 1.54) is 48.1 Å². The number of nitrogens with one attached hydrogen (secondary N) is 3. The molecule has 332 valence electrons. The quantitative estimate of drug-likeness (QED) is 0.00758. The van der Waals surface area contributed by atoms with E-state index in [2.05, 4.69) is 59.9 Å². The number of carboxylic acids is 1. The van der Waals surface area contributed by atoms with Crippen LogP contribution in [0.2, 0.25) is 0 Å². The van der Waals surface area contributed by atoms with Gasteiger partial charge in [0.2, 0.25) is 5.91 Å². The van der Waals surface area contributed by atoms with E-state index in [4.69, 9.17) is 14.7 Å². The fourth-order valence-corrected chi connectivity index (χ4v) is 7.43. The lowest BCUT2D eigenvalue weighted by Gasteiger charge is -2.14. The number of aromatic carboxylic acids is 1. The highest BCUT2D eigenvalue weighted by molar-refractivity contribution is 7.96. The van der Waals surface area contributed by atoms with Gasteiger partial charge in [-0.25, -0.2) is 19.9 Å². The van der Waals surface area contributed by atoms with Gasteiger partial charge in [0, 0.05) is 40.6 Å². The van der Waals surface area contributed by atoms with E-state index < -0.39 is 44.3 Å². The van der Waals surface area contributed by atoms with Crippen LogP contribution in [0.1, 0.15) is 22.8 Å². The molecule has 0 aliphatic rings. The molecule has 2 aromatic heterocycles. The molecule has 0 saturated carbocycles. The number of fused-ring (bicyclic) bond motifs is 1. The molecule has 0 fully saturated rings. The van der Waals surface area contributed by atoms with Crippen LogP contribution in [0.15, 0.2) is 110 Å². The van der Waals surface area contributed by atoms with Crippen molar-refractivity contribution in [1.82, 2.24) is 15.0 Å². The van der Waals surface area contributed by atoms with E-state index >= 15 is 0 Å². The molecule has 0 unspecified atom stereocenters. The molecule has 2 heterocycles. The number of rotatable bonds is 19. The lowest BCUT2D eigenvalue weighted by atomic mass is 10.0. The second kappa shape index (κ2) is 21.2. The molecular weight excluding hydrogens is 927 g/mol. The molecule has 6 rings (SSSR count). The summed E-state index contributed by atoms with van der Waals surface area (Å²) in [6.45, 7) is 3.02. The highest BCUT2D eigenvalue weighted by Crippen LogP contribution is 2.47. The Balaban J connectivity index is 1.37. The first-order valence-electron chi connectivity index (χ1n) is 17.5. The van der Waals surface area contributed by atoms with Crippen molar-refractivity contribution in [3.63, 3.8) is 0 Å². The first-order chi connectivity index (χ1) is 30.6. The number of anilines is 5. The molecule has 0 spiro atoms. The van der Waals surface area contributed by atoms with Gasteiger partial charge in [0.05, 0.1) is 52.6 Å². The number of aromatic nitrogens is 4. The van der Waals surface area contributed by atoms with Gasteiger partial charge in [-0.05, 0) is 94.6 Å². The van der Waals surface area contributed by atoms with Crippen LogP contribution < -0.4 is 20.5 Å². The Kier molecular flexibility index (Phi) is 15.5. The average molecular weight is 957 g/mol. The molecule has 24 nitrogen and oxygen atoms in total. The van der Waals surface area contributed by atoms with Gasteiger partial charge >= 0.3 is 29.8 Å². The normalized spacial score (nSPS) is 11.5. The molecule has 0 aliphatic heterocycles. The van der Waals surface area contributed by atoms with Gasteiger partial charge in [-0.1, -0.05) is 16.1 Å². The first kappa shape index (κ1) is 46.9. The van der Waals surface area contributed by atoms with Gasteiger partial charge in [0.1, 0.15) is 22.0 Å². The third-order valence-electron chi connectivity index (χ3n) is 8.01. The minimum absolute atomic E-state index is 0.0137. The number of hydrogen-bond donors (Lipinski definition) is 8. The van der Waals surface area contributed by atoms with Gasteiger partial charge in [-0.2, -0.15) is 8.42 Å². The fraction of sp³-hybridized carbons (Fsp3) is 0.0833. The molecule has 28 heteroatoms. The Hall–Kier alpha value is -6.57. The van der Waals surface area contributed by atoms with Crippen molar-refractivity contribution >= 4 is 115 Å². The summed E-state index contributed by atoms with van der Waals surface area (Å²) in [5.74, 6) is -3.46. The summed E-state index contributed by atoms with van der Waals surface area (Å²) in [5.41, 5.74) is 0.554. The molecule has 1 amide bonds. The predicted molar refractivity (Wildman–Crippen MR) is 226 cm³/mol. The molecule has 0 aliphatic carbocycles. The highest BCUT2D eigenvalue weighted by atomic mass is 32.2. The first-order valence-corrected chi connectivity index (χ1v) is 21.3. The van der Waals surface area contributed by atoms with Crippen LogP contribution in [0.3, 0.4) is 0 Å². The second-order valence-corrected chi connectivity index (χ2v) is 16.2. The van der Waals surface area contributed by atoms with E-state index in [1.54, 1.807) is 43.3 Å². The Labute approximate surface area is 372 Å². The smallest absolute Gasteiger partial charge is 0.444 e. The van der Waals surface area contributed by atoms with Gasteiger partial charge in [0.25, 0.3) is 10.1 Å². The van der Waals surface area contributed by atoms with E-state index in [0.717, 1.165) is 24.2 Å². The van der Waals surface area contributed by atoms with Crippen LogP contribution in [-0.4, -0.2) is 72.2 Å². The zero-order valence-electron chi connectivity index (χ0n) is 32.4. The van der Waals surface area contributed by atoms with Crippen molar-refractivity contribution < 1.29 is 75.6 Å². The maximum atomic E-state index is 12.5. The number of nitrogens with zero attached hydrogens (tertiary/aromatic N) is 6. The molecule has 8 N–H and O–H groups in total. The number of carboxylic acid groups (broad SMARTS) is 1. The molecular formula is C36H30N9O15S4+. The fourth-order valence-electron chi connectivity index (χ4n) is 5.52. The Morgan fingerprint density at radius 1 is 0.875 bits per heavy atom. The van der Waals surface area contributed by atoms with Crippen molar-refractivity contribution in [2.24, 2.45) is 10.2 Å². The third-order valence-corrected chi connectivity index (χ3v) is 10.8. The summed E-state index contributed by atoms with van der Waals surface area (Å²) in [4.78, 5) is 48.7. The Morgan fingerprint density at radius 2 is 1.58 bits per heavy atom. The van der Waals surface area contributed by atoms with Crippen LogP contribution in [-0.2, 0) is 42.6 Å². The van der Waals surface area contributed by atoms with Crippen LogP contribution >= 0.6 is 36.1 Å². The van der Waals surface area contributed by atoms with Crippen molar-refractivity contribution in [3.05, 3.63) is 96.3 Å². The van der Waals surface area contributed by atoms with E-state index in [-0.39, 0.29) is 56.5 Å². The zero-order chi connectivity index (χ0) is 46.0. The van der Waals surface area contributed by atoms with Crippen molar-refractivity contribution in [1.29, 1.82) is 0 Å². The van der Waals surface area contributed by atoms with Crippen molar-refractivity contribution in [2.45, 2.75) is 28.5 Å². The standard InChI is InChI=1S/C36H29N9O15S4/c1-18-12-21-14-27(63-60-58-52)31(32(48)30(21)26(13-18)37-19(2)46)44-43-25-15-23(7-10-28(25)64(53,54)55)39-35-40-34(41-36(42-35)45-11-3-4-20(16-45)33(49)50)38-22-5-8-24(9-6-22)62-56-29(47)17-61-59-57-51/h3-16H,17H2,1-2H3,(H7-,37,38,39,40,41,42,46,48,49,50,51,52,53,54,55)/p+1. The van der Waals surface area contributed by atoms with Crippen molar-refractivity contribution in [2.75, 3.05) is 21.7 Å². The average Bonchev–Trinajstić information content (AvgIpc) is 3.24. The summed E-state index contributed by atoms with van der Waals surface area (Å²) >= 11 is 1.68. The number of amides is 1. The minimum atomic E-state index is -4.95. The van der Waals surface area contributed by atoms with Crippen LogP contribution in [0.5, 0.6) is 5.75 Å². The van der Waals surface area contributed by atoms with E-state index in [0.29, 0.717) is 45.6 Å². The van der Waals surface area contributed by atoms with Crippen LogP contribution in [0.4, 0.5) is 40.3 Å². The molecule has 64 heavy (non-hydrogen) atoms. The molecule has 0 bridgehead atoms. The number of aryl methyl sites for hydroxylation is 1. The highest BCUT2D eigenvalue weighted by Gasteiger charge is 2.23. The number of phenolic OH excluding ortho intramolecular Hbond substituents is 1. The zero-order valence-corrected chi connectivity index (χ0v) is 35.7. The molecule has 0 saturated heterocycles. The largest absolute Gasteiger partial charge is 0.505 e. The molecule has 0 atom stereocenters. The maximum absolute atomic E-state index is 12.5. The minimum Gasteiger partial charge on any atom is -0.505 e. The summed E-state index contributed by atoms with van der Waals surface area (Å²) in [6.07, 6.45) is 2.74. The molecule has 4 aromatic carbocycles. The molecule has 6 aromatic rings. The maximum Gasteiger partial charge on any atom is 0.444 e. The summed E-state index contributed by atoms with van der Waals surface area (Å²) in [7, 11) is -4.95. The number of carbonyl (C=O) groups is 3. The summed E-state index contributed by atoms with van der Waals surface area (Å²) < 4.78 is 50.3. The summed E-state index contributed by atoms with van der Waals surface area (Å²) in [6, 6.07) is 17.4. The lowest BCUT2D eigenvalue weighted by molar-refractivity contribution is -0.603. The van der Waals surface area contributed by atoms with E-state index in [1.807, 2.05) is 0 Å². The van der Waals surface area contributed by atoms with Gasteiger partial charge in [0.15, 0.2) is 5.75 Å². The third kappa shape index (κ3) is 12.3. The monoisotopic (exact) mass is 956 g/mol. The van der Waals surface area contributed by atoms with Gasteiger partial charge in [-0.3, -0.25) is 14.1 Å². The number of benzene rings is 4. The molecule has 0 radical (unpaired) electrons. The van der Waals surface area contributed by atoms with Crippen LogP contribution in [0.25, 0.3) is 16.7 Å². The summed E-state index contributed by atoms with van der Waals surface area (Å²) in [5, 5.41) is 62.5. The second-order valence-electron chi connectivity index (χ2n) is 12.6. The lowest BCUT2D eigenvalue weighted by Crippen LogP contribution is -2.34. The van der Waals surface area contributed by atoms with Gasteiger partial charge < -0.3 is 30.3 Å². The predicted octanol–water partition coefficient (Wildman–Crippen LogP) is 7.17. The SMILES string of the molecule is CC(=O)Nc1cc(C)cc2cc(SOOO)c(N=Nc3cc(Nc4nc(Nc5ccc(SOC(=O)CSOOO)cc5)nc(-[n+]5cccc(C(=O)O)c5)n4)ccc3S(=O)(=O)O)c(O)c12. The van der Waals surface area contributed by atoms with Crippen molar-refractivity contribution in [3.8, 4) is 11.7 Å². The van der Waals surface area contributed by atoms with E-state index in [9.17, 15) is 37.6 Å². The number of hydrogen-bond acceptors (Lipinski definition) is 23. The number of pyridine rings is 1. The Morgan fingerprint density at radius 3 is 2.25 bits per heavy atom. The number of phenols is 1. The Bertz CT molecular complexity index is 2880.